The summed E-state index contributed by atoms with van der Waals surface area (Å²) in [5.74, 6) is 1.05. The largest absolute Gasteiger partial charge is 0.369 e. The monoisotopic (exact) mass is 538 g/mol. The molecule has 9 nitrogen and oxygen atoms in total. The van der Waals surface area contributed by atoms with Crippen molar-refractivity contribution in [2.45, 2.75) is 45.2 Å². The van der Waals surface area contributed by atoms with Crippen molar-refractivity contribution in [3.8, 4) is 0 Å². The average molecular weight is 539 g/mol. The molecule has 1 aromatic rings. The van der Waals surface area contributed by atoms with Gasteiger partial charge in [0.15, 0.2) is 9.84 Å². The van der Waals surface area contributed by atoms with Crippen LogP contribution in [-0.2, 0) is 19.7 Å². The van der Waals surface area contributed by atoms with Crippen LogP contribution in [0.3, 0.4) is 0 Å². The molecule has 2 bridgehead atoms. The van der Waals surface area contributed by atoms with E-state index in [0.29, 0.717) is 44.9 Å². The molecule has 36 heavy (non-hydrogen) atoms. The Balaban J connectivity index is 1.28. The number of rotatable bonds is 3. The van der Waals surface area contributed by atoms with Crippen LogP contribution in [0, 0.1) is 11.3 Å². The number of nitrogens with zero attached hydrogens (tertiary/aromatic N) is 3. The van der Waals surface area contributed by atoms with E-state index in [1.165, 1.54) is 0 Å². The standard InChI is InChI=1S/C25H38N4O5S2/c1-25(2)15-19-16-28(24(30)26-20-7-11-35(31,32)12-8-20)18-23(25)29(17-19)22-5-3-21(4-6-22)27-9-13-36(33,34)14-10-27/h3-6,19-20,23H,7-18H2,1-2H3,(H,26,30)/t19-,23-/m1/s1. The van der Waals surface area contributed by atoms with Crippen molar-refractivity contribution in [3.63, 3.8) is 0 Å². The summed E-state index contributed by atoms with van der Waals surface area (Å²) in [4.78, 5) is 19.7. The zero-order chi connectivity index (χ0) is 25.7. The second-order valence-electron chi connectivity index (χ2n) is 11.7. The lowest BCUT2D eigenvalue weighted by molar-refractivity contribution is 0.184. The number of carbonyl (C=O) groups excluding carboxylic acids is 1. The molecular formula is C25H38N4O5S2. The molecular weight excluding hydrogens is 500 g/mol. The molecule has 11 heteroatoms. The Morgan fingerprint density at radius 3 is 2.08 bits per heavy atom. The number of anilines is 2. The van der Waals surface area contributed by atoms with Crippen LogP contribution in [0.2, 0.25) is 0 Å². The average Bonchev–Trinajstić information content (AvgIpc) is 3.08. The number of carbonyl (C=O) groups is 1. The maximum atomic E-state index is 13.2. The highest BCUT2D eigenvalue weighted by Gasteiger charge is 2.47. The van der Waals surface area contributed by atoms with E-state index in [4.69, 9.17) is 0 Å². The van der Waals surface area contributed by atoms with Gasteiger partial charge in [0.05, 0.1) is 29.1 Å². The molecule has 5 aliphatic heterocycles. The number of amides is 2. The first-order valence-corrected chi connectivity index (χ1v) is 16.6. The molecule has 5 heterocycles. The molecule has 0 radical (unpaired) electrons. The zero-order valence-corrected chi connectivity index (χ0v) is 22.9. The Hall–Kier alpha value is -2.01. The lowest BCUT2D eigenvalue weighted by Gasteiger charge is -2.48. The highest BCUT2D eigenvalue weighted by molar-refractivity contribution is 7.91. The van der Waals surface area contributed by atoms with E-state index in [-0.39, 0.29) is 46.5 Å². The van der Waals surface area contributed by atoms with E-state index >= 15 is 0 Å². The molecule has 5 aliphatic rings. The molecule has 1 N–H and O–H groups in total. The van der Waals surface area contributed by atoms with Crippen LogP contribution in [0.4, 0.5) is 16.2 Å². The highest BCUT2D eigenvalue weighted by atomic mass is 32.2. The van der Waals surface area contributed by atoms with Gasteiger partial charge in [0.25, 0.3) is 0 Å². The lowest BCUT2D eigenvalue weighted by atomic mass is 9.73. The van der Waals surface area contributed by atoms with Gasteiger partial charge < -0.3 is 20.0 Å². The van der Waals surface area contributed by atoms with E-state index in [9.17, 15) is 21.6 Å². The molecule has 5 fully saturated rings. The molecule has 5 saturated heterocycles. The molecule has 2 amide bonds. The first-order valence-electron chi connectivity index (χ1n) is 13.0. The summed E-state index contributed by atoms with van der Waals surface area (Å²) in [7, 11) is -5.87. The second kappa shape index (κ2) is 9.38. The molecule has 6 rings (SSSR count). The highest BCUT2D eigenvalue weighted by Crippen LogP contribution is 2.43. The van der Waals surface area contributed by atoms with Crippen LogP contribution < -0.4 is 15.1 Å². The maximum absolute atomic E-state index is 13.2. The number of nitrogens with one attached hydrogen (secondary N) is 1. The first kappa shape index (κ1) is 25.6. The number of urea groups is 1. The third kappa shape index (κ3) is 5.46. The summed E-state index contributed by atoms with van der Waals surface area (Å²) in [5.41, 5.74) is 2.21. The van der Waals surface area contributed by atoms with Crippen molar-refractivity contribution >= 4 is 37.1 Å². The van der Waals surface area contributed by atoms with Gasteiger partial charge >= 0.3 is 6.03 Å². The predicted octanol–water partition coefficient (Wildman–Crippen LogP) is 1.74. The fourth-order valence-electron chi connectivity index (χ4n) is 6.41. The summed E-state index contributed by atoms with van der Waals surface area (Å²) in [6.07, 6.45) is 2.03. The van der Waals surface area contributed by atoms with Crippen molar-refractivity contribution in [2.24, 2.45) is 11.3 Å². The number of hydrogen-bond donors (Lipinski definition) is 1. The van der Waals surface area contributed by atoms with Crippen LogP contribution >= 0.6 is 0 Å². The molecule has 1 aromatic carbocycles. The number of piperidine rings is 1. The van der Waals surface area contributed by atoms with Crippen LogP contribution in [0.15, 0.2) is 24.3 Å². The van der Waals surface area contributed by atoms with E-state index < -0.39 is 19.7 Å². The zero-order valence-electron chi connectivity index (χ0n) is 21.2. The van der Waals surface area contributed by atoms with Crippen molar-refractivity contribution in [2.75, 3.05) is 65.5 Å². The van der Waals surface area contributed by atoms with Crippen LogP contribution in [0.25, 0.3) is 0 Å². The Kier molecular flexibility index (Phi) is 6.68. The van der Waals surface area contributed by atoms with Crippen molar-refractivity contribution < 1.29 is 21.6 Å². The third-order valence-corrected chi connectivity index (χ3v) is 11.8. The van der Waals surface area contributed by atoms with Gasteiger partial charge in [-0.15, -0.1) is 0 Å². The topological polar surface area (TPSA) is 107 Å². The molecule has 0 aliphatic carbocycles. The van der Waals surface area contributed by atoms with Gasteiger partial charge in [-0.2, -0.15) is 0 Å². The molecule has 200 valence electrons. The normalized spacial score (nSPS) is 29.6. The second-order valence-corrected chi connectivity index (χ2v) is 16.3. The number of benzene rings is 1. The van der Waals surface area contributed by atoms with E-state index in [1.54, 1.807) is 0 Å². The van der Waals surface area contributed by atoms with Crippen molar-refractivity contribution in [3.05, 3.63) is 24.3 Å². The quantitative estimate of drug-likeness (QED) is 0.625. The van der Waals surface area contributed by atoms with Crippen LogP contribution in [0.1, 0.15) is 33.1 Å². The molecule has 0 unspecified atom stereocenters. The fourth-order valence-corrected chi connectivity index (χ4v) is 9.10. The summed E-state index contributed by atoms with van der Waals surface area (Å²) in [6.45, 7) is 7.85. The minimum absolute atomic E-state index is 0.0385. The van der Waals surface area contributed by atoms with E-state index in [0.717, 1.165) is 24.3 Å². The van der Waals surface area contributed by atoms with Gasteiger partial charge in [-0.1, -0.05) is 13.8 Å². The van der Waals surface area contributed by atoms with Gasteiger partial charge in [-0.05, 0) is 54.9 Å². The van der Waals surface area contributed by atoms with Gasteiger partial charge in [0.2, 0.25) is 0 Å². The Morgan fingerprint density at radius 1 is 0.861 bits per heavy atom. The van der Waals surface area contributed by atoms with Gasteiger partial charge in [0, 0.05) is 50.1 Å². The summed E-state index contributed by atoms with van der Waals surface area (Å²) < 4.78 is 47.0. The summed E-state index contributed by atoms with van der Waals surface area (Å²) >= 11 is 0. The number of fused-ring (bicyclic) bond motifs is 4. The fraction of sp³-hybridized carbons (Fsp3) is 0.720. The van der Waals surface area contributed by atoms with Gasteiger partial charge in [-0.3, -0.25) is 0 Å². The smallest absolute Gasteiger partial charge is 0.317 e. The number of sulfone groups is 2. The Morgan fingerprint density at radius 2 is 1.44 bits per heavy atom. The molecule has 0 saturated carbocycles. The van der Waals surface area contributed by atoms with Crippen molar-refractivity contribution in [1.29, 1.82) is 0 Å². The third-order valence-electron chi connectivity index (χ3n) is 8.48. The number of hydrogen-bond acceptors (Lipinski definition) is 7. The summed E-state index contributed by atoms with van der Waals surface area (Å²) in [5, 5.41) is 3.11. The summed E-state index contributed by atoms with van der Waals surface area (Å²) in [6, 6.07) is 8.43. The Labute approximate surface area is 215 Å². The molecule has 2 atom stereocenters. The van der Waals surface area contributed by atoms with Crippen LogP contribution in [0.5, 0.6) is 0 Å². The molecule has 0 aromatic heterocycles. The van der Waals surface area contributed by atoms with E-state index in [1.807, 2.05) is 4.90 Å². The molecule has 0 spiro atoms. The van der Waals surface area contributed by atoms with Crippen LogP contribution in [-0.4, -0.2) is 95.6 Å². The van der Waals surface area contributed by atoms with Gasteiger partial charge in [0.1, 0.15) is 9.84 Å². The minimum atomic E-state index is -2.96. The predicted molar refractivity (Wildman–Crippen MR) is 142 cm³/mol. The van der Waals surface area contributed by atoms with E-state index in [2.05, 4.69) is 53.2 Å². The van der Waals surface area contributed by atoms with Gasteiger partial charge in [-0.25, -0.2) is 21.6 Å². The van der Waals surface area contributed by atoms with Crippen molar-refractivity contribution in [1.82, 2.24) is 10.2 Å². The maximum Gasteiger partial charge on any atom is 0.317 e. The minimum Gasteiger partial charge on any atom is -0.369 e. The SMILES string of the molecule is CC1(C)C[C@@H]2CN(C(=O)NC3CCS(=O)(=O)CC3)C[C@H]1N(c1ccc(N3CCS(=O)(=O)CC3)cc1)C2. The lowest BCUT2D eigenvalue weighted by Crippen LogP contribution is -2.55. The first-order chi connectivity index (χ1) is 16.9. The Bertz CT molecular complexity index is 1170.